The third-order valence-electron chi connectivity index (χ3n) is 3.91. The first kappa shape index (κ1) is 17.9. The fourth-order valence-corrected chi connectivity index (χ4v) is 3.31. The molecule has 2 aromatic carbocycles. The van der Waals surface area contributed by atoms with E-state index in [0.29, 0.717) is 21.7 Å². The van der Waals surface area contributed by atoms with Gasteiger partial charge in [-0.15, -0.1) is 0 Å². The number of hydrogen-bond acceptors (Lipinski definition) is 4. The molecule has 1 heterocycles. The number of benzene rings is 2. The number of carbonyl (C=O) groups is 2. The lowest BCUT2D eigenvalue weighted by Crippen LogP contribution is -2.19. The molecule has 1 fully saturated rings. The summed E-state index contributed by atoms with van der Waals surface area (Å²) >= 11 is 1.20. The highest BCUT2D eigenvalue weighted by molar-refractivity contribution is 8.18. The Bertz CT molecular complexity index is 915. The van der Waals surface area contributed by atoms with Crippen LogP contribution in [0, 0.1) is 0 Å². The molecule has 1 aliphatic heterocycles. The summed E-state index contributed by atoms with van der Waals surface area (Å²) in [4.78, 5) is 28.2. The van der Waals surface area contributed by atoms with E-state index in [2.05, 4.69) is 24.2 Å². The van der Waals surface area contributed by atoms with Crippen LogP contribution in [0.5, 0.6) is 0 Å². The summed E-state index contributed by atoms with van der Waals surface area (Å²) in [5.74, 6) is -0.844. The zero-order chi connectivity index (χ0) is 18.7. The Labute approximate surface area is 155 Å². The minimum atomic E-state index is -1.06. The third-order valence-corrected chi connectivity index (χ3v) is 4.82. The van der Waals surface area contributed by atoms with Gasteiger partial charge in [-0.1, -0.05) is 50.2 Å². The SMILES string of the molecule is CC(C)c1ccc(/C=C2\SC(=Nc3ccccc3C(=O)O)NC2=O)cc1. The number of para-hydroxylation sites is 1. The predicted octanol–water partition coefficient (Wildman–Crippen LogP) is 4.40. The molecule has 0 unspecified atom stereocenters. The molecule has 0 saturated carbocycles. The highest BCUT2D eigenvalue weighted by Crippen LogP contribution is 2.29. The first-order chi connectivity index (χ1) is 12.4. The molecule has 132 valence electrons. The van der Waals surface area contributed by atoms with Gasteiger partial charge in [0.1, 0.15) is 0 Å². The van der Waals surface area contributed by atoms with Crippen molar-refractivity contribution in [3.8, 4) is 0 Å². The second kappa shape index (κ2) is 7.58. The summed E-state index contributed by atoms with van der Waals surface area (Å²) in [6.45, 7) is 4.26. The Morgan fingerprint density at radius 1 is 1.15 bits per heavy atom. The maximum atomic E-state index is 12.2. The molecule has 26 heavy (non-hydrogen) atoms. The van der Waals surface area contributed by atoms with Gasteiger partial charge in [0.05, 0.1) is 16.2 Å². The first-order valence-electron chi connectivity index (χ1n) is 8.16. The van der Waals surface area contributed by atoms with E-state index < -0.39 is 5.97 Å². The van der Waals surface area contributed by atoms with Gasteiger partial charge < -0.3 is 10.4 Å². The zero-order valence-corrected chi connectivity index (χ0v) is 15.2. The molecule has 3 rings (SSSR count). The Morgan fingerprint density at radius 3 is 2.50 bits per heavy atom. The second-order valence-electron chi connectivity index (χ2n) is 6.13. The lowest BCUT2D eigenvalue weighted by atomic mass is 10.0. The van der Waals surface area contributed by atoms with E-state index in [1.165, 1.54) is 23.4 Å². The van der Waals surface area contributed by atoms with Crippen LogP contribution in [0.15, 0.2) is 58.4 Å². The molecule has 1 amide bonds. The predicted molar refractivity (Wildman–Crippen MR) is 105 cm³/mol. The summed E-state index contributed by atoms with van der Waals surface area (Å²) < 4.78 is 0. The van der Waals surface area contributed by atoms with Crippen LogP contribution in [0.4, 0.5) is 5.69 Å². The van der Waals surface area contributed by atoms with Crippen LogP contribution in [-0.4, -0.2) is 22.2 Å². The third kappa shape index (κ3) is 4.03. The van der Waals surface area contributed by atoms with Gasteiger partial charge in [0.15, 0.2) is 5.17 Å². The van der Waals surface area contributed by atoms with Crippen molar-refractivity contribution >= 4 is 40.6 Å². The Hall–Kier alpha value is -2.86. The largest absolute Gasteiger partial charge is 0.478 e. The standard InChI is InChI=1S/C20H18N2O3S/c1-12(2)14-9-7-13(8-10-14)11-17-18(23)22-20(26-17)21-16-6-4-3-5-15(16)19(24)25/h3-12H,1-2H3,(H,24,25)(H,21,22,23)/b17-11-. The molecule has 1 saturated heterocycles. The van der Waals surface area contributed by atoms with Crippen molar-refractivity contribution in [3.63, 3.8) is 0 Å². The molecule has 2 aromatic rings. The summed E-state index contributed by atoms with van der Waals surface area (Å²) in [5.41, 5.74) is 2.57. The van der Waals surface area contributed by atoms with Crippen LogP contribution >= 0.6 is 11.8 Å². The number of nitrogens with zero attached hydrogens (tertiary/aromatic N) is 1. The lowest BCUT2D eigenvalue weighted by Gasteiger charge is -2.04. The van der Waals surface area contributed by atoms with Crippen LogP contribution in [0.3, 0.4) is 0 Å². The van der Waals surface area contributed by atoms with E-state index in [1.54, 1.807) is 24.3 Å². The average Bonchev–Trinajstić information content (AvgIpc) is 2.95. The Balaban J connectivity index is 1.83. The second-order valence-corrected chi connectivity index (χ2v) is 7.16. The van der Waals surface area contributed by atoms with E-state index in [9.17, 15) is 14.7 Å². The summed E-state index contributed by atoms with van der Waals surface area (Å²) in [5, 5.41) is 12.3. The quantitative estimate of drug-likeness (QED) is 0.786. The minimum Gasteiger partial charge on any atom is -0.478 e. The molecule has 0 aromatic heterocycles. The van der Waals surface area contributed by atoms with Crippen molar-refractivity contribution in [3.05, 3.63) is 70.1 Å². The van der Waals surface area contributed by atoms with E-state index in [0.717, 1.165) is 5.56 Å². The molecule has 5 nitrogen and oxygen atoms in total. The number of amides is 1. The Morgan fingerprint density at radius 2 is 1.85 bits per heavy atom. The maximum absolute atomic E-state index is 12.2. The molecule has 0 atom stereocenters. The number of aromatic carboxylic acids is 1. The smallest absolute Gasteiger partial charge is 0.337 e. The number of aliphatic imine (C=N–C) groups is 1. The maximum Gasteiger partial charge on any atom is 0.337 e. The van der Waals surface area contributed by atoms with Gasteiger partial charge in [-0.2, -0.15) is 0 Å². The van der Waals surface area contributed by atoms with E-state index in [4.69, 9.17) is 0 Å². The molecule has 1 aliphatic rings. The van der Waals surface area contributed by atoms with E-state index in [1.807, 2.05) is 24.3 Å². The minimum absolute atomic E-state index is 0.0940. The molecular formula is C20H18N2O3S. The number of rotatable bonds is 4. The van der Waals surface area contributed by atoms with Crippen molar-refractivity contribution in [2.75, 3.05) is 0 Å². The molecule has 0 spiro atoms. The molecule has 0 bridgehead atoms. The topological polar surface area (TPSA) is 78.8 Å². The number of carbonyl (C=O) groups excluding carboxylic acids is 1. The number of carboxylic acids is 1. The summed E-state index contributed by atoms with van der Waals surface area (Å²) in [6.07, 6.45) is 1.80. The number of carboxylic acid groups (broad SMARTS) is 1. The zero-order valence-electron chi connectivity index (χ0n) is 14.4. The van der Waals surface area contributed by atoms with Crippen LogP contribution in [0.2, 0.25) is 0 Å². The number of nitrogens with one attached hydrogen (secondary N) is 1. The van der Waals surface area contributed by atoms with Gasteiger partial charge in [-0.3, -0.25) is 4.79 Å². The van der Waals surface area contributed by atoms with Crippen molar-refractivity contribution in [1.29, 1.82) is 0 Å². The number of hydrogen-bond donors (Lipinski definition) is 2. The molecule has 6 heteroatoms. The highest BCUT2D eigenvalue weighted by Gasteiger charge is 2.24. The highest BCUT2D eigenvalue weighted by atomic mass is 32.2. The number of amidine groups is 1. The van der Waals surface area contributed by atoms with Crippen LogP contribution in [-0.2, 0) is 4.79 Å². The van der Waals surface area contributed by atoms with Crippen molar-refractivity contribution in [2.45, 2.75) is 19.8 Å². The molecule has 0 radical (unpaired) electrons. The van der Waals surface area contributed by atoms with Crippen LogP contribution < -0.4 is 5.32 Å². The summed E-state index contributed by atoms with van der Waals surface area (Å²) in [7, 11) is 0. The average molecular weight is 366 g/mol. The molecule has 0 aliphatic carbocycles. The van der Waals surface area contributed by atoms with Gasteiger partial charge in [-0.25, -0.2) is 9.79 Å². The lowest BCUT2D eigenvalue weighted by molar-refractivity contribution is -0.115. The summed E-state index contributed by atoms with van der Waals surface area (Å²) in [6, 6.07) is 14.5. The van der Waals surface area contributed by atoms with Crippen LogP contribution in [0.1, 0.15) is 41.3 Å². The van der Waals surface area contributed by atoms with Gasteiger partial charge in [0.2, 0.25) is 0 Å². The Kier molecular flexibility index (Phi) is 5.23. The van der Waals surface area contributed by atoms with Gasteiger partial charge in [0.25, 0.3) is 5.91 Å². The van der Waals surface area contributed by atoms with Gasteiger partial charge in [0, 0.05) is 0 Å². The van der Waals surface area contributed by atoms with Crippen molar-refractivity contribution in [2.24, 2.45) is 4.99 Å². The van der Waals surface area contributed by atoms with Crippen molar-refractivity contribution in [1.82, 2.24) is 5.32 Å². The van der Waals surface area contributed by atoms with Crippen molar-refractivity contribution < 1.29 is 14.7 Å². The monoisotopic (exact) mass is 366 g/mol. The van der Waals surface area contributed by atoms with Crippen LogP contribution in [0.25, 0.3) is 6.08 Å². The molecular weight excluding hydrogens is 348 g/mol. The normalized spacial score (nSPS) is 17.1. The van der Waals surface area contributed by atoms with Gasteiger partial charge in [-0.05, 0) is 47.0 Å². The number of thioether (sulfide) groups is 1. The fourth-order valence-electron chi connectivity index (χ4n) is 2.47. The van der Waals surface area contributed by atoms with Gasteiger partial charge >= 0.3 is 5.97 Å². The van der Waals surface area contributed by atoms with E-state index in [-0.39, 0.29) is 11.5 Å². The van der Waals surface area contributed by atoms with E-state index >= 15 is 0 Å². The molecule has 2 N–H and O–H groups in total. The first-order valence-corrected chi connectivity index (χ1v) is 8.97. The fraction of sp³-hybridized carbons (Fsp3) is 0.150.